The largest absolute Gasteiger partial charge is 0.372 e. The van der Waals surface area contributed by atoms with Gasteiger partial charge in [0.05, 0.1) is 5.39 Å². The Balaban J connectivity index is 2.40. The van der Waals surface area contributed by atoms with Crippen LogP contribution in [0.1, 0.15) is 13.3 Å². The minimum absolute atomic E-state index is 0.663. The average Bonchev–Trinajstić information content (AvgIpc) is 2.73. The van der Waals surface area contributed by atoms with Crippen LogP contribution in [0.4, 0.5) is 11.8 Å². The third-order valence-electron chi connectivity index (χ3n) is 2.19. The maximum atomic E-state index is 4.38. The van der Waals surface area contributed by atoms with Crippen LogP contribution in [0, 0.1) is 0 Å². The van der Waals surface area contributed by atoms with E-state index in [0.717, 1.165) is 29.8 Å². The van der Waals surface area contributed by atoms with E-state index in [2.05, 4.69) is 32.5 Å². The van der Waals surface area contributed by atoms with E-state index >= 15 is 0 Å². The van der Waals surface area contributed by atoms with Crippen LogP contribution in [0.15, 0.2) is 12.3 Å². The second kappa shape index (κ2) is 4.16. The third-order valence-corrected chi connectivity index (χ3v) is 2.19. The zero-order valence-corrected chi connectivity index (χ0v) is 8.96. The van der Waals surface area contributed by atoms with Crippen LogP contribution in [0.2, 0.25) is 0 Å². The van der Waals surface area contributed by atoms with Gasteiger partial charge >= 0.3 is 0 Å². The van der Waals surface area contributed by atoms with E-state index < -0.39 is 0 Å². The van der Waals surface area contributed by atoms with Crippen LogP contribution in [-0.2, 0) is 0 Å². The second-order valence-corrected chi connectivity index (χ2v) is 3.31. The van der Waals surface area contributed by atoms with Crippen LogP contribution in [0.5, 0.6) is 0 Å². The van der Waals surface area contributed by atoms with Crippen LogP contribution >= 0.6 is 0 Å². The number of fused-ring (bicyclic) bond motifs is 1. The van der Waals surface area contributed by atoms with Gasteiger partial charge in [-0.2, -0.15) is 9.97 Å². The number of rotatable bonds is 4. The fourth-order valence-corrected chi connectivity index (χ4v) is 1.45. The minimum Gasteiger partial charge on any atom is -0.372 e. The summed E-state index contributed by atoms with van der Waals surface area (Å²) in [5, 5.41) is 7.24. The smallest absolute Gasteiger partial charge is 0.226 e. The van der Waals surface area contributed by atoms with Gasteiger partial charge < -0.3 is 15.6 Å². The van der Waals surface area contributed by atoms with Crippen LogP contribution < -0.4 is 10.6 Å². The maximum absolute atomic E-state index is 4.38. The highest BCUT2D eigenvalue weighted by Gasteiger charge is 2.06. The van der Waals surface area contributed by atoms with Crippen molar-refractivity contribution in [2.45, 2.75) is 13.3 Å². The highest BCUT2D eigenvalue weighted by Crippen LogP contribution is 2.20. The van der Waals surface area contributed by atoms with Gasteiger partial charge in [0, 0.05) is 19.8 Å². The lowest BCUT2D eigenvalue weighted by atomic mass is 10.4. The molecule has 80 valence electrons. The highest BCUT2D eigenvalue weighted by atomic mass is 15.1. The molecule has 2 heterocycles. The van der Waals surface area contributed by atoms with Crippen molar-refractivity contribution in [3.8, 4) is 0 Å². The van der Waals surface area contributed by atoms with Gasteiger partial charge in [-0.1, -0.05) is 6.92 Å². The van der Waals surface area contributed by atoms with Crippen LogP contribution in [0.3, 0.4) is 0 Å². The molecule has 3 N–H and O–H groups in total. The number of nitrogens with zero attached hydrogens (tertiary/aromatic N) is 2. The Morgan fingerprint density at radius 1 is 1.40 bits per heavy atom. The summed E-state index contributed by atoms with van der Waals surface area (Å²) in [7, 11) is 1.86. The molecule has 0 saturated heterocycles. The molecular weight excluding hydrogens is 190 g/mol. The highest BCUT2D eigenvalue weighted by molar-refractivity contribution is 5.87. The first-order chi connectivity index (χ1) is 7.35. The summed E-state index contributed by atoms with van der Waals surface area (Å²) in [5.74, 6) is 1.51. The molecule has 5 nitrogen and oxygen atoms in total. The average molecular weight is 205 g/mol. The van der Waals surface area contributed by atoms with Gasteiger partial charge in [-0.3, -0.25) is 0 Å². The van der Waals surface area contributed by atoms with Gasteiger partial charge in [-0.25, -0.2) is 0 Å². The monoisotopic (exact) mass is 205 g/mol. The molecule has 2 aromatic rings. The van der Waals surface area contributed by atoms with Gasteiger partial charge in [-0.05, 0) is 12.5 Å². The molecule has 0 aliphatic rings. The Kier molecular flexibility index (Phi) is 2.71. The summed E-state index contributed by atoms with van der Waals surface area (Å²) in [6.07, 6.45) is 2.92. The molecule has 0 unspecified atom stereocenters. The number of hydrogen-bond donors (Lipinski definition) is 3. The summed E-state index contributed by atoms with van der Waals surface area (Å²) in [5.41, 5.74) is 0.855. The molecular formula is C10H15N5. The predicted molar refractivity (Wildman–Crippen MR) is 62.2 cm³/mol. The molecule has 0 saturated carbocycles. The normalized spacial score (nSPS) is 10.5. The first kappa shape index (κ1) is 9.76. The minimum atomic E-state index is 0.663. The molecule has 0 fully saturated rings. The van der Waals surface area contributed by atoms with Crippen molar-refractivity contribution in [1.82, 2.24) is 15.0 Å². The summed E-state index contributed by atoms with van der Waals surface area (Å²) < 4.78 is 0. The molecule has 0 radical (unpaired) electrons. The lowest BCUT2D eigenvalue weighted by Crippen LogP contribution is -2.06. The molecule has 0 atom stereocenters. The van der Waals surface area contributed by atoms with E-state index in [1.54, 1.807) is 0 Å². The summed E-state index contributed by atoms with van der Waals surface area (Å²) in [6, 6.07) is 1.96. The number of anilines is 2. The molecule has 0 aliphatic carbocycles. The molecule has 2 aromatic heterocycles. The van der Waals surface area contributed by atoms with Crippen molar-refractivity contribution in [2.75, 3.05) is 24.2 Å². The van der Waals surface area contributed by atoms with Crippen LogP contribution in [-0.4, -0.2) is 28.5 Å². The van der Waals surface area contributed by atoms with E-state index in [1.165, 1.54) is 0 Å². The fraction of sp³-hybridized carbons (Fsp3) is 0.400. The first-order valence-corrected chi connectivity index (χ1v) is 5.12. The van der Waals surface area contributed by atoms with Gasteiger partial charge in [0.1, 0.15) is 11.5 Å². The fourth-order valence-electron chi connectivity index (χ4n) is 1.45. The van der Waals surface area contributed by atoms with Gasteiger partial charge in [-0.15, -0.1) is 0 Å². The zero-order valence-electron chi connectivity index (χ0n) is 8.96. The van der Waals surface area contributed by atoms with E-state index in [0.29, 0.717) is 5.95 Å². The van der Waals surface area contributed by atoms with E-state index in [9.17, 15) is 0 Å². The van der Waals surface area contributed by atoms with Crippen molar-refractivity contribution in [2.24, 2.45) is 0 Å². The molecule has 5 heteroatoms. The van der Waals surface area contributed by atoms with Crippen molar-refractivity contribution in [3.63, 3.8) is 0 Å². The lowest BCUT2D eigenvalue weighted by Gasteiger charge is -2.06. The Labute approximate surface area is 88.3 Å². The van der Waals surface area contributed by atoms with Crippen molar-refractivity contribution in [3.05, 3.63) is 12.3 Å². The van der Waals surface area contributed by atoms with Crippen molar-refractivity contribution < 1.29 is 0 Å². The Hall–Kier alpha value is -1.78. The molecule has 0 bridgehead atoms. The van der Waals surface area contributed by atoms with Crippen molar-refractivity contribution >= 4 is 22.8 Å². The van der Waals surface area contributed by atoms with Gasteiger partial charge in [0.25, 0.3) is 0 Å². The standard InChI is InChI=1S/C10H15N5/c1-3-5-13-10-14-8(11-2)7-4-6-12-9(7)15-10/h4,6H,3,5H2,1-2H3,(H3,11,12,13,14,15). The van der Waals surface area contributed by atoms with E-state index in [1.807, 2.05) is 19.3 Å². The van der Waals surface area contributed by atoms with Gasteiger partial charge in [0.15, 0.2) is 0 Å². The zero-order chi connectivity index (χ0) is 10.7. The Morgan fingerprint density at radius 3 is 3.00 bits per heavy atom. The summed E-state index contributed by atoms with van der Waals surface area (Å²) in [4.78, 5) is 11.8. The van der Waals surface area contributed by atoms with Crippen LogP contribution in [0.25, 0.3) is 11.0 Å². The number of nitrogens with one attached hydrogen (secondary N) is 3. The lowest BCUT2D eigenvalue weighted by molar-refractivity contribution is 0.956. The topological polar surface area (TPSA) is 65.6 Å². The molecule has 0 amide bonds. The molecule has 2 rings (SSSR count). The SMILES string of the molecule is CCCNc1nc(NC)c2cc[nH]c2n1. The Morgan fingerprint density at radius 2 is 2.27 bits per heavy atom. The Bertz CT molecular complexity index is 448. The summed E-state index contributed by atoms with van der Waals surface area (Å²) >= 11 is 0. The van der Waals surface area contributed by atoms with Gasteiger partial charge in [0.2, 0.25) is 5.95 Å². The number of aromatic nitrogens is 3. The number of aromatic amines is 1. The maximum Gasteiger partial charge on any atom is 0.226 e. The summed E-state index contributed by atoms with van der Waals surface area (Å²) in [6.45, 7) is 2.99. The molecule has 0 aliphatic heterocycles. The predicted octanol–water partition coefficient (Wildman–Crippen LogP) is 1.82. The first-order valence-electron chi connectivity index (χ1n) is 5.12. The van der Waals surface area contributed by atoms with E-state index in [-0.39, 0.29) is 0 Å². The number of hydrogen-bond acceptors (Lipinski definition) is 4. The molecule has 0 aromatic carbocycles. The van der Waals surface area contributed by atoms with E-state index in [4.69, 9.17) is 0 Å². The molecule has 0 spiro atoms. The second-order valence-electron chi connectivity index (χ2n) is 3.31. The third kappa shape index (κ3) is 1.86. The number of H-pyrrole nitrogens is 1. The van der Waals surface area contributed by atoms with Crippen molar-refractivity contribution in [1.29, 1.82) is 0 Å². The molecule has 15 heavy (non-hydrogen) atoms. The quantitative estimate of drug-likeness (QED) is 0.712.